The summed E-state index contributed by atoms with van der Waals surface area (Å²) >= 11 is 3.46. The largest absolute Gasteiger partial charge is 0.352 e. The van der Waals surface area contributed by atoms with E-state index in [2.05, 4.69) is 21.2 Å². The van der Waals surface area contributed by atoms with Crippen molar-refractivity contribution in [3.05, 3.63) is 100 Å². The van der Waals surface area contributed by atoms with Gasteiger partial charge in [0.15, 0.2) is 0 Å². The maximum absolute atomic E-state index is 14.0. The SMILES string of the molecule is O=C(NC1CCCC1)C(Cc1ccccc1)N(Cc1cccc(Br)c1)C(=O)CN1C(=O)c2ccccc2S1(=O)=O. The molecule has 3 aromatic rings. The molecule has 8 nitrogen and oxygen atoms in total. The molecule has 5 rings (SSSR count). The minimum atomic E-state index is -4.20. The quantitative estimate of drug-likeness (QED) is 0.383. The van der Waals surface area contributed by atoms with E-state index in [1.807, 2.05) is 54.6 Å². The molecule has 1 saturated carbocycles. The Morgan fingerprint density at radius 2 is 1.62 bits per heavy atom. The first-order valence-electron chi connectivity index (χ1n) is 13.3. The Bertz CT molecular complexity index is 1520. The third kappa shape index (κ3) is 5.97. The molecule has 1 unspecified atom stereocenters. The van der Waals surface area contributed by atoms with E-state index in [-0.39, 0.29) is 35.4 Å². The Morgan fingerprint density at radius 1 is 0.950 bits per heavy atom. The fraction of sp³-hybridized carbons (Fsp3) is 0.300. The standard InChI is InChI=1S/C30H30BrN3O5S/c31-23-12-8-11-22(17-23)19-33(28(35)20-34-30(37)25-15-6-7-16-27(25)40(34,38)39)26(18-21-9-2-1-3-10-21)29(36)32-24-13-4-5-14-24/h1-3,6-12,15-17,24,26H,4-5,13-14,18-20H2,(H,32,36). The van der Waals surface area contributed by atoms with Crippen LogP contribution in [0.1, 0.15) is 47.2 Å². The van der Waals surface area contributed by atoms with Gasteiger partial charge in [-0.1, -0.05) is 83.4 Å². The molecular formula is C30H30BrN3O5S. The molecule has 0 aromatic heterocycles. The van der Waals surface area contributed by atoms with Gasteiger partial charge in [-0.25, -0.2) is 12.7 Å². The summed E-state index contributed by atoms with van der Waals surface area (Å²) in [4.78, 5) is 42.2. The van der Waals surface area contributed by atoms with Gasteiger partial charge in [-0.15, -0.1) is 0 Å². The number of amides is 3. The Kier molecular flexibility index (Phi) is 8.37. The van der Waals surface area contributed by atoms with E-state index >= 15 is 0 Å². The first kappa shape index (κ1) is 28.0. The van der Waals surface area contributed by atoms with Crippen molar-refractivity contribution >= 4 is 43.7 Å². The van der Waals surface area contributed by atoms with E-state index in [0.29, 0.717) is 4.31 Å². The molecule has 1 aliphatic heterocycles. The zero-order chi connectivity index (χ0) is 28.3. The lowest BCUT2D eigenvalue weighted by atomic mass is 10.0. The molecule has 1 aliphatic carbocycles. The normalized spacial score (nSPS) is 16.9. The van der Waals surface area contributed by atoms with Crippen molar-refractivity contribution in [1.82, 2.24) is 14.5 Å². The number of nitrogens with zero attached hydrogens (tertiary/aromatic N) is 2. The third-order valence-corrected chi connectivity index (χ3v) is 9.69. The van der Waals surface area contributed by atoms with Crippen molar-refractivity contribution in [2.75, 3.05) is 6.54 Å². The zero-order valence-electron chi connectivity index (χ0n) is 21.8. The van der Waals surface area contributed by atoms with Crippen molar-refractivity contribution in [3.63, 3.8) is 0 Å². The van der Waals surface area contributed by atoms with Crippen LogP contribution >= 0.6 is 15.9 Å². The highest BCUT2D eigenvalue weighted by Crippen LogP contribution is 2.30. The lowest BCUT2D eigenvalue weighted by Crippen LogP contribution is -2.54. The Balaban J connectivity index is 1.50. The Labute approximate surface area is 242 Å². The highest BCUT2D eigenvalue weighted by Gasteiger charge is 2.43. The molecule has 0 saturated heterocycles. The minimum absolute atomic E-state index is 0.0311. The van der Waals surface area contributed by atoms with Gasteiger partial charge >= 0.3 is 0 Å². The second-order valence-electron chi connectivity index (χ2n) is 10.2. The number of benzene rings is 3. The maximum atomic E-state index is 14.0. The van der Waals surface area contributed by atoms with E-state index in [9.17, 15) is 22.8 Å². The van der Waals surface area contributed by atoms with Crippen molar-refractivity contribution in [2.24, 2.45) is 0 Å². The molecule has 1 heterocycles. The van der Waals surface area contributed by atoms with E-state index < -0.39 is 34.4 Å². The van der Waals surface area contributed by atoms with E-state index in [1.165, 1.54) is 23.1 Å². The summed E-state index contributed by atoms with van der Waals surface area (Å²) in [7, 11) is -4.20. The fourth-order valence-corrected chi connectivity index (χ4v) is 7.32. The maximum Gasteiger partial charge on any atom is 0.269 e. The first-order chi connectivity index (χ1) is 19.2. The number of hydrogen-bond acceptors (Lipinski definition) is 5. The molecule has 0 bridgehead atoms. The number of rotatable bonds is 9. The Hall–Kier alpha value is -3.50. The summed E-state index contributed by atoms with van der Waals surface area (Å²) in [5.74, 6) is -1.67. The second kappa shape index (κ2) is 11.9. The fourth-order valence-electron chi connectivity index (χ4n) is 5.35. The molecule has 40 heavy (non-hydrogen) atoms. The number of hydrogen-bond donors (Lipinski definition) is 1. The number of carbonyl (C=O) groups is 3. The topological polar surface area (TPSA) is 104 Å². The smallest absolute Gasteiger partial charge is 0.269 e. The molecule has 1 fully saturated rings. The molecule has 208 valence electrons. The second-order valence-corrected chi connectivity index (χ2v) is 12.9. The van der Waals surface area contributed by atoms with Crippen LogP contribution in [-0.2, 0) is 32.6 Å². The van der Waals surface area contributed by atoms with Gasteiger partial charge in [0, 0.05) is 23.5 Å². The predicted octanol–water partition coefficient (Wildman–Crippen LogP) is 4.29. The van der Waals surface area contributed by atoms with Crippen LogP contribution in [0.4, 0.5) is 0 Å². The molecule has 3 aromatic carbocycles. The molecule has 2 aliphatic rings. The van der Waals surface area contributed by atoms with Crippen LogP contribution in [0.3, 0.4) is 0 Å². The van der Waals surface area contributed by atoms with E-state index in [4.69, 9.17) is 0 Å². The predicted molar refractivity (Wildman–Crippen MR) is 154 cm³/mol. The lowest BCUT2D eigenvalue weighted by molar-refractivity contribution is -0.141. The van der Waals surface area contributed by atoms with Gasteiger partial charge in [0.05, 0.1) is 5.56 Å². The van der Waals surface area contributed by atoms with Crippen molar-refractivity contribution < 1.29 is 22.8 Å². The van der Waals surface area contributed by atoms with Crippen LogP contribution in [0.2, 0.25) is 0 Å². The van der Waals surface area contributed by atoms with Gasteiger partial charge < -0.3 is 10.2 Å². The number of halogens is 1. The number of fused-ring (bicyclic) bond motifs is 1. The van der Waals surface area contributed by atoms with Crippen LogP contribution in [0.5, 0.6) is 0 Å². The van der Waals surface area contributed by atoms with Gasteiger partial charge in [-0.3, -0.25) is 14.4 Å². The molecular weight excluding hydrogens is 594 g/mol. The van der Waals surface area contributed by atoms with E-state index in [0.717, 1.165) is 41.3 Å². The zero-order valence-corrected chi connectivity index (χ0v) is 24.2. The van der Waals surface area contributed by atoms with Crippen LogP contribution in [0.25, 0.3) is 0 Å². The summed E-state index contributed by atoms with van der Waals surface area (Å²) in [5, 5.41) is 3.12. The van der Waals surface area contributed by atoms with Gasteiger partial charge in [-0.05, 0) is 48.2 Å². The molecule has 1 atom stereocenters. The van der Waals surface area contributed by atoms with Crippen LogP contribution in [0, 0.1) is 0 Å². The summed E-state index contributed by atoms with van der Waals surface area (Å²) in [6, 6.07) is 21.8. The van der Waals surface area contributed by atoms with Crippen molar-refractivity contribution in [2.45, 2.75) is 55.6 Å². The molecule has 10 heteroatoms. The van der Waals surface area contributed by atoms with Crippen LogP contribution in [-0.4, -0.2) is 54.0 Å². The average molecular weight is 625 g/mol. The summed E-state index contributed by atoms with van der Waals surface area (Å²) in [6.07, 6.45) is 4.05. The lowest BCUT2D eigenvalue weighted by Gasteiger charge is -2.33. The number of carbonyl (C=O) groups excluding carboxylic acids is 3. The van der Waals surface area contributed by atoms with Gasteiger partial charge in [0.25, 0.3) is 15.9 Å². The highest BCUT2D eigenvalue weighted by molar-refractivity contribution is 9.10. The number of sulfonamides is 1. The van der Waals surface area contributed by atoms with Crippen LogP contribution in [0.15, 0.2) is 88.2 Å². The monoisotopic (exact) mass is 623 g/mol. The third-order valence-electron chi connectivity index (χ3n) is 7.41. The molecule has 1 N–H and O–H groups in total. The van der Waals surface area contributed by atoms with Crippen molar-refractivity contribution in [3.8, 4) is 0 Å². The Morgan fingerprint density at radius 3 is 2.33 bits per heavy atom. The molecule has 0 radical (unpaired) electrons. The van der Waals surface area contributed by atoms with Gasteiger partial charge in [-0.2, -0.15) is 0 Å². The molecule has 0 spiro atoms. The van der Waals surface area contributed by atoms with Crippen LogP contribution < -0.4 is 5.32 Å². The average Bonchev–Trinajstić information content (AvgIpc) is 3.52. The minimum Gasteiger partial charge on any atom is -0.352 e. The molecule has 3 amide bonds. The number of nitrogens with one attached hydrogen (secondary N) is 1. The summed E-state index contributed by atoms with van der Waals surface area (Å²) < 4.78 is 27.9. The summed E-state index contributed by atoms with van der Waals surface area (Å²) in [5.41, 5.74) is 1.65. The first-order valence-corrected chi connectivity index (χ1v) is 15.5. The summed E-state index contributed by atoms with van der Waals surface area (Å²) in [6.45, 7) is -0.644. The van der Waals surface area contributed by atoms with Gasteiger partial charge in [0.2, 0.25) is 11.8 Å². The van der Waals surface area contributed by atoms with Crippen molar-refractivity contribution in [1.29, 1.82) is 0 Å². The highest BCUT2D eigenvalue weighted by atomic mass is 79.9. The van der Waals surface area contributed by atoms with E-state index in [1.54, 1.807) is 6.07 Å². The van der Waals surface area contributed by atoms with Gasteiger partial charge in [0.1, 0.15) is 17.5 Å².